The van der Waals surface area contributed by atoms with Crippen LogP contribution in [0.3, 0.4) is 0 Å². The van der Waals surface area contributed by atoms with Crippen molar-refractivity contribution < 1.29 is 13.2 Å². The van der Waals surface area contributed by atoms with Crippen LogP contribution in [0.4, 0.5) is 18.9 Å². The van der Waals surface area contributed by atoms with Gasteiger partial charge in [-0.3, -0.25) is 0 Å². The van der Waals surface area contributed by atoms with Crippen LogP contribution in [0.5, 0.6) is 0 Å². The number of piperidine rings is 1. The molecule has 0 bridgehead atoms. The van der Waals surface area contributed by atoms with E-state index in [0.29, 0.717) is 5.69 Å². The minimum Gasteiger partial charge on any atom is -0.380 e. The zero-order valence-corrected chi connectivity index (χ0v) is 10.2. The Balaban J connectivity index is 2.19. The molecule has 0 spiro atoms. The second-order valence-corrected chi connectivity index (χ2v) is 4.56. The lowest BCUT2D eigenvalue weighted by Gasteiger charge is -2.25. The highest BCUT2D eigenvalue weighted by atomic mass is 19.4. The van der Waals surface area contributed by atoms with Crippen LogP contribution in [0.1, 0.15) is 24.0 Å². The summed E-state index contributed by atoms with van der Waals surface area (Å²) < 4.78 is 37.7. The second-order valence-electron chi connectivity index (χ2n) is 4.56. The fourth-order valence-electron chi connectivity index (χ4n) is 2.13. The van der Waals surface area contributed by atoms with E-state index in [9.17, 15) is 13.2 Å². The summed E-state index contributed by atoms with van der Waals surface area (Å²) in [6, 6.07) is 5.18. The summed E-state index contributed by atoms with van der Waals surface area (Å²) in [6.45, 7) is 1.71. The number of hydrogen-bond donors (Lipinski definition) is 2. The Morgan fingerprint density at radius 3 is 2.74 bits per heavy atom. The van der Waals surface area contributed by atoms with Gasteiger partial charge in [-0.2, -0.15) is 18.4 Å². The first-order valence-corrected chi connectivity index (χ1v) is 6.09. The number of nitrogens with zero attached hydrogens (tertiary/aromatic N) is 1. The van der Waals surface area contributed by atoms with Gasteiger partial charge in [-0.05, 0) is 37.6 Å². The lowest BCUT2D eigenvalue weighted by Crippen LogP contribution is -2.38. The highest BCUT2D eigenvalue weighted by Gasteiger charge is 2.31. The molecular formula is C13H14F3N3. The van der Waals surface area contributed by atoms with Gasteiger partial charge in [0.2, 0.25) is 0 Å². The first kappa shape index (κ1) is 13.7. The molecule has 0 radical (unpaired) electrons. The lowest BCUT2D eigenvalue weighted by molar-refractivity contribution is -0.137. The maximum absolute atomic E-state index is 12.6. The number of halogens is 3. The molecule has 1 saturated heterocycles. The van der Waals surface area contributed by atoms with Crippen molar-refractivity contribution in [2.24, 2.45) is 0 Å². The van der Waals surface area contributed by atoms with Gasteiger partial charge in [0, 0.05) is 12.6 Å². The van der Waals surface area contributed by atoms with Crippen LogP contribution in [-0.4, -0.2) is 19.1 Å². The van der Waals surface area contributed by atoms with E-state index in [1.165, 1.54) is 6.07 Å². The second kappa shape index (κ2) is 5.49. The first-order chi connectivity index (χ1) is 9.00. The van der Waals surface area contributed by atoms with Crippen molar-refractivity contribution in [3.63, 3.8) is 0 Å². The highest BCUT2D eigenvalue weighted by Crippen LogP contribution is 2.31. The average molecular weight is 269 g/mol. The molecule has 1 aliphatic rings. The summed E-state index contributed by atoms with van der Waals surface area (Å²) in [5.74, 6) is 0. The number of rotatable bonds is 2. The van der Waals surface area contributed by atoms with Gasteiger partial charge in [0.25, 0.3) is 0 Å². The van der Waals surface area contributed by atoms with Crippen molar-refractivity contribution in [1.29, 1.82) is 5.26 Å². The van der Waals surface area contributed by atoms with Gasteiger partial charge in [0.15, 0.2) is 0 Å². The molecule has 19 heavy (non-hydrogen) atoms. The number of hydrogen-bond acceptors (Lipinski definition) is 3. The van der Waals surface area contributed by atoms with Crippen molar-refractivity contribution >= 4 is 5.69 Å². The van der Waals surface area contributed by atoms with Gasteiger partial charge in [-0.15, -0.1) is 0 Å². The summed E-state index contributed by atoms with van der Waals surface area (Å²) >= 11 is 0. The maximum atomic E-state index is 12.6. The molecule has 102 valence electrons. The summed E-state index contributed by atoms with van der Waals surface area (Å²) in [7, 11) is 0. The molecule has 1 aromatic rings. The zero-order valence-electron chi connectivity index (χ0n) is 10.2. The van der Waals surface area contributed by atoms with Crippen LogP contribution < -0.4 is 10.6 Å². The number of nitriles is 1. The topological polar surface area (TPSA) is 47.9 Å². The third kappa shape index (κ3) is 3.38. The molecule has 3 nitrogen and oxygen atoms in total. The molecule has 2 rings (SSSR count). The number of nitrogens with one attached hydrogen (secondary N) is 2. The molecule has 1 heterocycles. The van der Waals surface area contributed by atoms with E-state index in [4.69, 9.17) is 5.26 Å². The van der Waals surface area contributed by atoms with Crippen LogP contribution in [0.25, 0.3) is 0 Å². The van der Waals surface area contributed by atoms with E-state index < -0.39 is 11.7 Å². The van der Waals surface area contributed by atoms with Crippen LogP contribution in [0, 0.1) is 11.3 Å². The fourth-order valence-corrected chi connectivity index (χ4v) is 2.13. The molecule has 1 atom stereocenters. The summed E-state index contributed by atoms with van der Waals surface area (Å²) in [5.41, 5.74) is -0.305. The highest BCUT2D eigenvalue weighted by molar-refractivity contribution is 5.59. The monoisotopic (exact) mass is 269 g/mol. The first-order valence-electron chi connectivity index (χ1n) is 6.09. The van der Waals surface area contributed by atoms with E-state index in [1.807, 2.05) is 6.07 Å². The Kier molecular flexibility index (Phi) is 3.96. The summed E-state index contributed by atoms with van der Waals surface area (Å²) in [4.78, 5) is 0. The molecule has 2 N–H and O–H groups in total. The Labute approximate surface area is 109 Å². The van der Waals surface area contributed by atoms with Gasteiger partial charge < -0.3 is 10.6 Å². The minimum atomic E-state index is -4.42. The van der Waals surface area contributed by atoms with Gasteiger partial charge in [0.1, 0.15) is 6.07 Å². The Morgan fingerprint density at radius 2 is 2.16 bits per heavy atom. The number of alkyl halides is 3. The van der Waals surface area contributed by atoms with E-state index in [-0.39, 0.29) is 11.6 Å². The summed E-state index contributed by atoms with van der Waals surface area (Å²) in [5, 5.41) is 15.3. The van der Waals surface area contributed by atoms with Crippen molar-refractivity contribution in [2.45, 2.75) is 25.1 Å². The third-order valence-corrected chi connectivity index (χ3v) is 3.12. The van der Waals surface area contributed by atoms with Crippen molar-refractivity contribution in [3.8, 4) is 6.07 Å². The molecule has 1 unspecified atom stereocenters. The normalized spacial score (nSPS) is 19.8. The molecule has 0 saturated carbocycles. The Hall–Kier alpha value is -1.74. The minimum absolute atomic E-state index is 0.0281. The van der Waals surface area contributed by atoms with Crippen LogP contribution in [0.2, 0.25) is 0 Å². The largest absolute Gasteiger partial charge is 0.416 e. The van der Waals surface area contributed by atoms with Crippen LogP contribution in [0.15, 0.2) is 18.2 Å². The molecule has 1 aliphatic heterocycles. The standard InChI is InChI=1S/C13H14F3N3/c14-13(15,16)10-3-4-12(9(6-10)7-17)19-11-2-1-5-18-8-11/h3-4,6,11,18-19H,1-2,5,8H2. The molecule has 0 amide bonds. The molecule has 1 fully saturated rings. The Bertz CT molecular complexity index is 485. The van der Waals surface area contributed by atoms with Crippen LogP contribution in [-0.2, 0) is 6.18 Å². The molecule has 0 aromatic heterocycles. The summed E-state index contributed by atoms with van der Waals surface area (Å²) in [6.07, 6.45) is -2.46. The molecule has 0 aliphatic carbocycles. The van der Waals surface area contributed by atoms with E-state index in [2.05, 4.69) is 10.6 Å². The van der Waals surface area contributed by atoms with Gasteiger partial charge in [-0.1, -0.05) is 0 Å². The van der Waals surface area contributed by atoms with Crippen molar-refractivity contribution in [2.75, 3.05) is 18.4 Å². The SMILES string of the molecule is N#Cc1cc(C(F)(F)F)ccc1NC1CCCNC1. The fraction of sp³-hybridized carbons (Fsp3) is 0.462. The maximum Gasteiger partial charge on any atom is 0.416 e. The zero-order chi connectivity index (χ0) is 13.9. The number of benzene rings is 1. The van der Waals surface area contributed by atoms with E-state index in [1.54, 1.807) is 0 Å². The lowest BCUT2D eigenvalue weighted by atomic mass is 10.0. The number of anilines is 1. The van der Waals surface area contributed by atoms with Gasteiger partial charge in [0.05, 0.1) is 16.8 Å². The smallest absolute Gasteiger partial charge is 0.380 e. The van der Waals surface area contributed by atoms with E-state index >= 15 is 0 Å². The van der Waals surface area contributed by atoms with Crippen molar-refractivity contribution in [1.82, 2.24) is 5.32 Å². The van der Waals surface area contributed by atoms with E-state index in [0.717, 1.165) is 38.1 Å². The molecular weight excluding hydrogens is 255 g/mol. The quantitative estimate of drug-likeness (QED) is 0.868. The Morgan fingerprint density at radius 1 is 1.37 bits per heavy atom. The average Bonchev–Trinajstić information content (AvgIpc) is 2.39. The van der Waals surface area contributed by atoms with Crippen molar-refractivity contribution in [3.05, 3.63) is 29.3 Å². The molecule has 6 heteroatoms. The van der Waals surface area contributed by atoms with Crippen LogP contribution >= 0.6 is 0 Å². The predicted octanol–water partition coefficient (Wildman–Crippen LogP) is 2.74. The van der Waals surface area contributed by atoms with Gasteiger partial charge >= 0.3 is 6.18 Å². The predicted molar refractivity (Wildman–Crippen MR) is 65.7 cm³/mol. The molecule has 1 aromatic carbocycles. The third-order valence-electron chi connectivity index (χ3n) is 3.12. The van der Waals surface area contributed by atoms with Gasteiger partial charge in [-0.25, -0.2) is 0 Å².